The Kier molecular flexibility index (Phi) is 8.26. The van der Waals surface area contributed by atoms with Crippen molar-refractivity contribution in [1.82, 2.24) is 4.90 Å². The second-order valence-electron chi connectivity index (χ2n) is 8.49. The summed E-state index contributed by atoms with van der Waals surface area (Å²) in [6.45, 7) is 7.51. The maximum atomic E-state index is 12.7. The molecule has 2 N–H and O–H groups in total. The molecule has 9 heteroatoms. The quantitative estimate of drug-likeness (QED) is 0.604. The van der Waals surface area contributed by atoms with Gasteiger partial charge in [-0.25, -0.2) is 13.2 Å². The van der Waals surface area contributed by atoms with Crippen molar-refractivity contribution in [3.63, 3.8) is 0 Å². The van der Waals surface area contributed by atoms with Crippen molar-refractivity contribution in [1.29, 1.82) is 0 Å². The molecule has 0 radical (unpaired) electrons. The zero-order valence-corrected chi connectivity index (χ0v) is 20.0. The first-order valence-electron chi connectivity index (χ1n) is 10.3. The average Bonchev–Trinajstić information content (AvgIpc) is 2.66. The fourth-order valence-corrected chi connectivity index (χ4v) is 3.98. The summed E-state index contributed by atoms with van der Waals surface area (Å²) in [7, 11) is -1.80. The summed E-state index contributed by atoms with van der Waals surface area (Å²) in [6.07, 6.45) is 0.0592. The number of hydrogen-bond acceptors (Lipinski definition) is 5. The Bertz CT molecular complexity index is 1060. The van der Waals surface area contributed by atoms with Crippen LogP contribution in [0.4, 0.5) is 16.2 Å². The normalized spacial score (nSPS) is 11.5. The van der Waals surface area contributed by atoms with Gasteiger partial charge >= 0.3 is 6.09 Å². The Balaban J connectivity index is 2.07. The van der Waals surface area contributed by atoms with Crippen molar-refractivity contribution < 1.29 is 22.7 Å². The molecule has 0 aliphatic carbocycles. The molecule has 0 spiro atoms. The van der Waals surface area contributed by atoms with Crippen LogP contribution in [0.5, 0.6) is 0 Å². The van der Waals surface area contributed by atoms with Crippen LogP contribution in [-0.2, 0) is 21.3 Å². The van der Waals surface area contributed by atoms with E-state index in [9.17, 15) is 18.0 Å². The lowest BCUT2D eigenvalue weighted by molar-refractivity contribution is 0.0285. The van der Waals surface area contributed by atoms with Crippen LogP contribution in [0.2, 0.25) is 0 Å². The Labute approximate surface area is 190 Å². The smallest absolute Gasteiger partial charge is 0.410 e. The number of benzene rings is 2. The van der Waals surface area contributed by atoms with Crippen molar-refractivity contribution in [3.8, 4) is 0 Å². The lowest BCUT2D eigenvalue weighted by atomic mass is 10.1. The lowest BCUT2D eigenvalue weighted by Gasteiger charge is -2.24. The molecule has 0 aromatic heterocycles. The van der Waals surface area contributed by atoms with Gasteiger partial charge in [-0.3, -0.25) is 9.52 Å². The third-order valence-electron chi connectivity index (χ3n) is 4.18. The van der Waals surface area contributed by atoms with Gasteiger partial charge in [-0.1, -0.05) is 25.1 Å². The van der Waals surface area contributed by atoms with Gasteiger partial charge in [0.2, 0.25) is 10.0 Å². The minimum Gasteiger partial charge on any atom is -0.444 e. The lowest BCUT2D eigenvalue weighted by Crippen LogP contribution is -2.33. The van der Waals surface area contributed by atoms with Crippen LogP contribution in [0.1, 0.15) is 50.0 Å². The molecule has 32 heavy (non-hydrogen) atoms. The molecule has 2 amide bonds. The fourth-order valence-electron chi connectivity index (χ4n) is 2.85. The highest BCUT2D eigenvalue weighted by Gasteiger charge is 2.19. The number of nitrogens with one attached hydrogen (secondary N) is 2. The fraction of sp³-hybridized carbons (Fsp3) is 0.391. The minimum absolute atomic E-state index is 0.00789. The Morgan fingerprint density at radius 1 is 1.03 bits per heavy atom. The van der Waals surface area contributed by atoms with E-state index in [4.69, 9.17) is 4.74 Å². The molecular weight excluding hydrogens is 430 g/mol. The molecule has 2 aromatic rings. The van der Waals surface area contributed by atoms with Gasteiger partial charge in [-0.2, -0.15) is 0 Å². The second kappa shape index (κ2) is 10.5. The molecule has 0 saturated carbocycles. The van der Waals surface area contributed by atoms with Crippen LogP contribution in [0, 0.1) is 0 Å². The summed E-state index contributed by atoms with van der Waals surface area (Å²) in [5.41, 5.74) is 1.44. The largest absolute Gasteiger partial charge is 0.444 e. The first-order valence-corrected chi connectivity index (χ1v) is 12.0. The van der Waals surface area contributed by atoms with Crippen molar-refractivity contribution in [2.24, 2.45) is 0 Å². The zero-order valence-electron chi connectivity index (χ0n) is 19.1. The number of rotatable bonds is 8. The van der Waals surface area contributed by atoms with Gasteiger partial charge in [0.1, 0.15) is 5.60 Å². The molecule has 0 saturated heterocycles. The zero-order chi connectivity index (χ0) is 23.9. The van der Waals surface area contributed by atoms with Crippen LogP contribution < -0.4 is 10.0 Å². The van der Waals surface area contributed by atoms with E-state index in [1.165, 1.54) is 11.0 Å². The highest BCUT2D eigenvalue weighted by atomic mass is 32.2. The average molecular weight is 462 g/mol. The summed E-state index contributed by atoms with van der Waals surface area (Å²) < 4.78 is 31.8. The minimum atomic E-state index is -3.45. The van der Waals surface area contributed by atoms with Crippen molar-refractivity contribution >= 4 is 33.4 Å². The van der Waals surface area contributed by atoms with Gasteiger partial charge < -0.3 is 15.0 Å². The predicted octanol–water partition coefficient (Wildman–Crippen LogP) is 4.46. The molecular formula is C23H31N3O5S. The van der Waals surface area contributed by atoms with E-state index in [0.717, 1.165) is 5.56 Å². The SMILES string of the molecule is CCCS(=O)(=O)Nc1cccc(C(=O)Nc2cccc(CN(C)C(=O)OC(C)(C)C)c2)c1. The molecule has 174 valence electrons. The number of hydrogen-bond donors (Lipinski definition) is 2. The molecule has 2 rings (SSSR count). The number of anilines is 2. The Hall–Kier alpha value is -3.07. The summed E-state index contributed by atoms with van der Waals surface area (Å²) in [6, 6.07) is 13.4. The van der Waals surface area contributed by atoms with Gasteiger partial charge in [0.15, 0.2) is 0 Å². The van der Waals surface area contributed by atoms with Gasteiger partial charge in [0, 0.05) is 30.5 Å². The molecule has 0 aliphatic rings. The topological polar surface area (TPSA) is 105 Å². The predicted molar refractivity (Wildman–Crippen MR) is 126 cm³/mol. The molecule has 0 bridgehead atoms. The number of sulfonamides is 1. The van der Waals surface area contributed by atoms with Crippen LogP contribution >= 0.6 is 0 Å². The highest BCUT2D eigenvalue weighted by Crippen LogP contribution is 2.18. The van der Waals surface area contributed by atoms with Crippen molar-refractivity contribution in [3.05, 3.63) is 59.7 Å². The third kappa shape index (κ3) is 8.22. The number of amides is 2. The summed E-state index contributed by atoms with van der Waals surface area (Å²) in [5, 5.41) is 2.80. The molecule has 8 nitrogen and oxygen atoms in total. The van der Waals surface area contributed by atoms with E-state index in [1.807, 2.05) is 6.07 Å². The highest BCUT2D eigenvalue weighted by molar-refractivity contribution is 7.92. The number of ether oxygens (including phenoxy) is 1. The molecule has 0 heterocycles. The Morgan fingerprint density at radius 3 is 2.34 bits per heavy atom. The maximum absolute atomic E-state index is 12.7. The van der Waals surface area contributed by atoms with E-state index in [1.54, 1.807) is 71.1 Å². The number of carbonyl (C=O) groups is 2. The van der Waals surface area contributed by atoms with Crippen LogP contribution in [0.3, 0.4) is 0 Å². The standard InChI is InChI=1S/C23H31N3O5S/c1-6-13-32(29,30)25-20-12-8-10-18(15-20)21(27)24-19-11-7-9-17(14-19)16-26(5)22(28)31-23(2,3)4/h7-12,14-15,25H,6,13,16H2,1-5H3,(H,24,27). The Morgan fingerprint density at radius 2 is 1.69 bits per heavy atom. The van der Waals surface area contributed by atoms with E-state index in [0.29, 0.717) is 29.9 Å². The van der Waals surface area contributed by atoms with Crippen LogP contribution in [-0.4, -0.2) is 43.7 Å². The van der Waals surface area contributed by atoms with Crippen molar-refractivity contribution in [2.45, 2.75) is 46.3 Å². The molecule has 0 atom stereocenters. The second-order valence-corrected chi connectivity index (χ2v) is 10.3. The third-order valence-corrected chi connectivity index (χ3v) is 5.67. The van der Waals surface area contributed by atoms with Gasteiger partial charge in [0.05, 0.1) is 5.75 Å². The van der Waals surface area contributed by atoms with Gasteiger partial charge in [0.25, 0.3) is 5.91 Å². The first-order chi connectivity index (χ1) is 14.9. The molecule has 2 aromatic carbocycles. The maximum Gasteiger partial charge on any atom is 0.410 e. The molecule has 0 fully saturated rings. The van der Waals surface area contributed by atoms with Crippen LogP contribution in [0.15, 0.2) is 48.5 Å². The van der Waals surface area contributed by atoms with Gasteiger partial charge in [-0.15, -0.1) is 0 Å². The van der Waals surface area contributed by atoms with E-state index in [-0.39, 0.29) is 11.7 Å². The van der Waals surface area contributed by atoms with Gasteiger partial charge in [-0.05, 0) is 63.1 Å². The molecule has 0 aliphatic heterocycles. The van der Waals surface area contributed by atoms with E-state index < -0.39 is 21.7 Å². The summed E-state index contributed by atoms with van der Waals surface area (Å²) >= 11 is 0. The number of carbonyl (C=O) groups excluding carboxylic acids is 2. The molecule has 0 unspecified atom stereocenters. The number of nitrogens with zero attached hydrogens (tertiary/aromatic N) is 1. The van der Waals surface area contributed by atoms with Crippen LogP contribution in [0.25, 0.3) is 0 Å². The monoisotopic (exact) mass is 461 g/mol. The summed E-state index contributed by atoms with van der Waals surface area (Å²) in [4.78, 5) is 26.3. The first kappa shape index (κ1) is 25.2. The van der Waals surface area contributed by atoms with E-state index >= 15 is 0 Å². The van der Waals surface area contributed by atoms with E-state index in [2.05, 4.69) is 10.0 Å². The van der Waals surface area contributed by atoms with Crippen molar-refractivity contribution in [2.75, 3.05) is 22.8 Å². The summed E-state index contributed by atoms with van der Waals surface area (Å²) in [5.74, 6) is -0.368.